The van der Waals surface area contributed by atoms with E-state index in [4.69, 9.17) is 18.7 Å². The van der Waals surface area contributed by atoms with Gasteiger partial charge >= 0.3 is 6.09 Å². The number of carbonyl (C=O) groups is 1. The van der Waals surface area contributed by atoms with Gasteiger partial charge in [0.15, 0.2) is 5.76 Å². The Morgan fingerprint density at radius 3 is 2.60 bits per heavy atom. The van der Waals surface area contributed by atoms with E-state index in [-0.39, 0.29) is 18.8 Å². The number of aromatic nitrogens is 1. The average Bonchev–Trinajstić information content (AvgIpc) is 3.11. The fourth-order valence-electron chi connectivity index (χ4n) is 3.24. The largest absolute Gasteiger partial charge is 0.490 e. The molecule has 164 valence electrons. The Bertz CT molecular complexity index is 810. The molecular formula is C23H32N2O5. The molecule has 1 fully saturated rings. The van der Waals surface area contributed by atoms with Gasteiger partial charge in [-0.3, -0.25) is 0 Å². The average molecular weight is 417 g/mol. The van der Waals surface area contributed by atoms with Crippen LogP contribution in [-0.4, -0.2) is 49.1 Å². The topological polar surface area (TPSA) is 74.0 Å². The molecule has 0 unspecified atom stereocenters. The van der Waals surface area contributed by atoms with E-state index in [1.54, 1.807) is 11.9 Å². The highest BCUT2D eigenvalue weighted by atomic mass is 16.6. The van der Waals surface area contributed by atoms with Crippen molar-refractivity contribution in [2.75, 3.05) is 26.8 Å². The van der Waals surface area contributed by atoms with Gasteiger partial charge < -0.3 is 23.6 Å². The minimum Gasteiger partial charge on any atom is -0.490 e. The third kappa shape index (κ3) is 5.98. The molecule has 1 aromatic carbocycles. The highest BCUT2D eigenvalue weighted by Crippen LogP contribution is 2.29. The zero-order valence-electron chi connectivity index (χ0n) is 18.3. The van der Waals surface area contributed by atoms with Gasteiger partial charge in [0.2, 0.25) is 0 Å². The van der Waals surface area contributed by atoms with Crippen molar-refractivity contribution >= 4 is 6.09 Å². The number of aryl methyl sites for hydroxylation is 1. The molecule has 1 saturated heterocycles. The summed E-state index contributed by atoms with van der Waals surface area (Å²) in [5.74, 6) is 1.97. The predicted molar refractivity (Wildman–Crippen MR) is 113 cm³/mol. The van der Waals surface area contributed by atoms with Crippen LogP contribution in [-0.2, 0) is 16.1 Å². The molecule has 7 nitrogen and oxygen atoms in total. The number of benzene rings is 1. The van der Waals surface area contributed by atoms with Crippen LogP contribution in [0.1, 0.15) is 44.4 Å². The van der Waals surface area contributed by atoms with Crippen molar-refractivity contribution < 1.29 is 23.5 Å². The van der Waals surface area contributed by atoms with Gasteiger partial charge in [0.25, 0.3) is 0 Å². The summed E-state index contributed by atoms with van der Waals surface area (Å²) in [7, 11) is 1.75. The Hall–Kier alpha value is -2.54. The second-order valence-electron chi connectivity index (χ2n) is 8.19. The molecule has 0 N–H and O–H groups in total. The molecule has 0 saturated carbocycles. The Kier molecular flexibility index (Phi) is 7.74. The summed E-state index contributed by atoms with van der Waals surface area (Å²) in [6.45, 7) is 8.39. The number of carbonyl (C=O) groups excluding carboxylic acids is 1. The molecule has 0 aliphatic carbocycles. The summed E-state index contributed by atoms with van der Waals surface area (Å²) in [6.07, 6.45) is 2.60. The normalized spacial score (nSPS) is 14.7. The summed E-state index contributed by atoms with van der Waals surface area (Å²) in [6, 6.07) is 7.74. The van der Waals surface area contributed by atoms with Gasteiger partial charge in [-0.1, -0.05) is 19.0 Å². The van der Waals surface area contributed by atoms with Crippen LogP contribution in [0.5, 0.6) is 5.75 Å². The first-order valence-corrected chi connectivity index (χ1v) is 10.6. The monoisotopic (exact) mass is 416 g/mol. The maximum Gasteiger partial charge on any atom is 0.409 e. The maximum atomic E-state index is 12.3. The van der Waals surface area contributed by atoms with Crippen LogP contribution >= 0.6 is 0 Å². The summed E-state index contributed by atoms with van der Waals surface area (Å²) >= 11 is 0. The van der Waals surface area contributed by atoms with Crippen molar-refractivity contribution in [2.24, 2.45) is 5.92 Å². The smallest absolute Gasteiger partial charge is 0.409 e. The van der Waals surface area contributed by atoms with Crippen LogP contribution in [0.3, 0.4) is 0 Å². The van der Waals surface area contributed by atoms with Gasteiger partial charge in [0, 0.05) is 32.0 Å². The fraction of sp³-hybridized carbons (Fsp3) is 0.565. The molecule has 7 heteroatoms. The molecule has 1 aliphatic heterocycles. The second-order valence-corrected chi connectivity index (χ2v) is 8.19. The first-order chi connectivity index (χ1) is 14.4. The van der Waals surface area contributed by atoms with Gasteiger partial charge in [0.05, 0.1) is 24.5 Å². The maximum absolute atomic E-state index is 12.3. The molecule has 1 amide bonds. The van der Waals surface area contributed by atoms with Crippen LogP contribution in [0.4, 0.5) is 4.79 Å². The Balaban J connectivity index is 1.61. The summed E-state index contributed by atoms with van der Waals surface area (Å²) in [5, 5.41) is 4.07. The van der Waals surface area contributed by atoms with E-state index < -0.39 is 0 Å². The van der Waals surface area contributed by atoms with Gasteiger partial charge in [-0.15, -0.1) is 0 Å². The molecule has 0 radical (unpaired) electrons. The second kappa shape index (κ2) is 10.5. The number of amides is 1. The quantitative estimate of drug-likeness (QED) is 0.614. The summed E-state index contributed by atoms with van der Waals surface area (Å²) in [5.41, 5.74) is 2.36. The molecule has 2 aromatic rings. The van der Waals surface area contributed by atoms with Crippen molar-refractivity contribution in [1.82, 2.24) is 10.1 Å². The molecule has 0 bridgehead atoms. The molecule has 0 spiro atoms. The van der Waals surface area contributed by atoms with Crippen molar-refractivity contribution in [1.29, 1.82) is 0 Å². The van der Waals surface area contributed by atoms with Gasteiger partial charge in [-0.05, 0) is 43.5 Å². The van der Waals surface area contributed by atoms with E-state index in [0.717, 1.165) is 49.4 Å². The number of hydrogen-bond acceptors (Lipinski definition) is 6. The lowest BCUT2D eigenvalue weighted by atomic mass is 10.1. The number of nitrogens with zero attached hydrogens (tertiary/aromatic N) is 2. The number of rotatable bonds is 8. The van der Waals surface area contributed by atoms with Crippen LogP contribution in [0.25, 0.3) is 11.3 Å². The van der Waals surface area contributed by atoms with Crippen LogP contribution in [0.2, 0.25) is 0 Å². The molecule has 0 atom stereocenters. The lowest BCUT2D eigenvalue weighted by molar-refractivity contribution is 0.0256. The van der Waals surface area contributed by atoms with Crippen molar-refractivity contribution in [3.63, 3.8) is 0 Å². The number of ether oxygens (including phenoxy) is 3. The number of hydrogen-bond donors (Lipinski definition) is 0. The Morgan fingerprint density at radius 1 is 1.23 bits per heavy atom. The van der Waals surface area contributed by atoms with Gasteiger partial charge in [-0.2, -0.15) is 0 Å². The zero-order valence-corrected chi connectivity index (χ0v) is 18.3. The SMILES string of the molecule is Cc1noc(-c2ccc(OC3CCOCC3)cc2)c1COC(=O)N(C)CCC(C)C. The molecule has 30 heavy (non-hydrogen) atoms. The van der Waals surface area contributed by atoms with Crippen molar-refractivity contribution in [3.05, 3.63) is 35.5 Å². The van der Waals surface area contributed by atoms with Crippen molar-refractivity contribution in [2.45, 2.75) is 52.7 Å². The van der Waals surface area contributed by atoms with E-state index in [1.807, 2.05) is 31.2 Å². The van der Waals surface area contributed by atoms with E-state index in [2.05, 4.69) is 19.0 Å². The van der Waals surface area contributed by atoms with E-state index >= 15 is 0 Å². The van der Waals surface area contributed by atoms with E-state index in [9.17, 15) is 4.79 Å². The Morgan fingerprint density at radius 2 is 1.93 bits per heavy atom. The lowest BCUT2D eigenvalue weighted by Crippen LogP contribution is -2.29. The van der Waals surface area contributed by atoms with Gasteiger partial charge in [0.1, 0.15) is 18.5 Å². The Labute approximate surface area is 178 Å². The fourth-order valence-corrected chi connectivity index (χ4v) is 3.24. The molecule has 2 heterocycles. The minimum absolute atomic E-state index is 0.121. The highest BCUT2D eigenvalue weighted by Gasteiger charge is 2.19. The van der Waals surface area contributed by atoms with Gasteiger partial charge in [-0.25, -0.2) is 4.79 Å². The zero-order chi connectivity index (χ0) is 21.5. The third-order valence-electron chi connectivity index (χ3n) is 5.27. The van der Waals surface area contributed by atoms with Crippen LogP contribution in [0.15, 0.2) is 28.8 Å². The first-order valence-electron chi connectivity index (χ1n) is 10.6. The first kappa shape index (κ1) is 22.2. The third-order valence-corrected chi connectivity index (χ3v) is 5.27. The summed E-state index contributed by atoms with van der Waals surface area (Å²) < 4.78 is 22.4. The molecule has 1 aliphatic rings. The van der Waals surface area contributed by atoms with E-state index in [1.165, 1.54) is 0 Å². The molecule has 3 rings (SSSR count). The minimum atomic E-state index is -0.345. The molecular weight excluding hydrogens is 384 g/mol. The summed E-state index contributed by atoms with van der Waals surface area (Å²) in [4.78, 5) is 13.9. The van der Waals surface area contributed by atoms with Crippen LogP contribution < -0.4 is 4.74 Å². The van der Waals surface area contributed by atoms with Crippen molar-refractivity contribution in [3.8, 4) is 17.1 Å². The standard InChI is InChI=1S/C23H32N2O5/c1-16(2)9-12-25(4)23(26)28-15-21-17(3)24-30-22(21)18-5-7-19(8-6-18)29-20-10-13-27-14-11-20/h5-8,16,20H,9-15H2,1-4H3. The molecule has 1 aromatic heterocycles. The lowest BCUT2D eigenvalue weighted by Gasteiger charge is -2.23. The van der Waals surface area contributed by atoms with E-state index in [0.29, 0.717) is 23.9 Å². The highest BCUT2D eigenvalue weighted by molar-refractivity contribution is 5.68. The van der Waals surface area contributed by atoms with Crippen LogP contribution in [0, 0.1) is 12.8 Å². The predicted octanol–water partition coefficient (Wildman–Crippen LogP) is 4.82.